The first-order chi connectivity index (χ1) is 2.89. The van der Waals surface area contributed by atoms with Crippen molar-refractivity contribution in [2.45, 2.75) is 6.17 Å². The van der Waals surface area contributed by atoms with E-state index in [9.17, 15) is 4.39 Å². The van der Waals surface area contributed by atoms with Crippen LogP contribution in [-0.4, -0.2) is 19.4 Å². The van der Waals surface area contributed by atoms with Crippen molar-refractivity contribution in [3.05, 3.63) is 6.42 Å². The summed E-state index contributed by atoms with van der Waals surface area (Å²) in [4.78, 5) is 0. The summed E-state index contributed by atoms with van der Waals surface area (Å²) in [6, 6.07) is 0. The molecule has 0 radical (unpaired) electrons. The molecular weight excluding hydrogens is 122 g/mol. The molecule has 1 atom stereocenters. The van der Waals surface area contributed by atoms with Gasteiger partial charge in [0.2, 0.25) is 0 Å². The molecule has 1 heterocycles. The summed E-state index contributed by atoms with van der Waals surface area (Å²) >= 11 is 0. The molecule has 7 heavy (non-hydrogen) atoms. The molecule has 1 saturated heterocycles. The minimum Gasteiger partial charge on any atom is -0.413 e. The van der Waals surface area contributed by atoms with Crippen LogP contribution in [0.1, 0.15) is 0 Å². The van der Waals surface area contributed by atoms with Gasteiger partial charge < -0.3 is 4.74 Å². The molecule has 0 N–H and O–H groups in total. The van der Waals surface area contributed by atoms with Gasteiger partial charge in [0.15, 0.2) is 0 Å². The number of ether oxygens (including phenoxy) is 1. The van der Waals surface area contributed by atoms with Crippen LogP contribution in [0.25, 0.3) is 0 Å². The molecule has 0 aromatic rings. The van der Waals surface area contributed by atoms with Gasteiger partial charge in [0.25, 0.3) is 0 Å². The molecule has 1 aliphatic heterocycles. The first-order valence-electron chi connectivity index (χ1n) is 1.95. The van der Waals surface area contributed by atoms with Gasteiger partial charge in [-0.05, 0) is 0 Å². The Morgan fingerprint density at radius 3 is 2.57 bits per heavy atom. The van der Waals surface area contributed by atoms with Crippen molar-refractivity contribution in [2.24, 2.45) is 0 Å². The van der Waals surface area contributed by atoms with E-state index in [2.05, 4.69) is 4.74 Å². The average Bonchev–Trinajstić information content (AvgIpc) is 1.86. The molecule has 1 unspecified atom stereocenters. The van der Waals surface area contributed by atoms with Crippen LogP contribution in [0, 0.1) is 6.42 Å². The Kier molecular flexibility index (Phi) is 5.37. The first kappa shape index (κ1) is 8.53. The second-order valence-corrected chi connectivity index (χ2v) is 1.29. The first-order valence-corrected chi connectivity index (χ1v) is 1.95. The maximum absolute atomic E-state index is 11.7. The molecule has 1 aliphatic rings. The average molecular weight is 128 g/mol. The van der Waals surface area contributed by atoms with E-state index in [4.69, 9.17) is 0 Å². The Morgan fingerprint density at radius 2 is 2.43 bits per heavy atom. The van der Waals surface area contributed by atoms with Crippen molar-refractivity contribution in [3.8, 4) is 0 Å². The number of rotatable bonds is 0. The third-order valence-electron chi connectivity index (χ3n) is 0.747. The molecule has 1 fully saturated rings. The van der Waals surface area contributed by atoms with Crippen molar-refractivity contribution in [2.75, 3.05) is 13.2 Å². The van der Waals surface area contributed by atoms with E-state index in [1.54, 1.807) is 0 Å². The van der Waals surface area contributed by atoms with Gasteiger partial charge >= 0.3 is 51.4 Å². The molecule has 0 aliphatic carbocycles. The van der Waals surface area contributed by atoms with Crippen LogP contribution in [0.15, 0.2) is 0 Å². The minimum absolute atomic E-state index is 0. The van der Waals surface area contributed by atoms with Crippen molar-refractivity contribution in [1.29, 1.82) is 0 Å². The summed E-state index contributed by atoms with van der Waals surface area (Å²) in [7, 11) is 0. The van der Waals surface area contributed by atoms with Gasteiger partial charge in [-0.1, -0.05) is 6.61 Å². The molecule has 0 aromatic heterocycles. The third-order valence-corrected chi connectivity index (χ3v) is 0.747. The van der Waals surface area contributed by atoms with Gasteiger partial charge in [-0.15, -0.1) is 0 Å². The van der Waals surface area contributed by atoms with E-state index in [0.717, 1.165) is 0 Å². The number of alkyl halides is 1. The van der Waals surface area contributed by atoms with Crippen molar-refractivity contribution >= 4 is 0 Å². The predicted octanol–water partition coefficient (Wildman–Crippen LogP) is -2.44. The van der Waals surface area contributed by atoms with Gasteiger partial charge in [0, 0.05) is 12.8 Å². The van der Waals surface area contributed by atoms with Crippen LogP contribution < -0.4 is 51.4 Å². The smallest absolute Gasteiger partial charge is 0.413 e. The fourth-order valence-corrected chi connectivity index (χ4v) is 0.421. The SMILES string of the molecule is FC1[CH-]COC1.[K+]. The zero-order valence-corrected chi connectivity index (χ0v) is 7.48. The van der Waals surface area contributed by atoms with E-state index in [0.29, 0.717) is 6.61 Å². The molecular formula is C4H6FKO. The number of hydrogen-bond donors (Lipinski definition) is 0. The van der Waals surface area contributed by atoms with Crippen LogP contribution >= 0.6 is 0 Å². The molecule has 0 amide bonds. The second-order valence-electron chi connectivity index (χ2n) is 1.29. The number of halogens is 1. The maximum Gasteiger partial charge on any atom is 1.00 e. The largest absolute Gasteiger partial charge is 1.00 e. The maximum atomic E-state index is 11.7. The zero-order chi connectivity index (χ0) is 4.41. The van der Waals surface area contributed by atoms with Gasteiger partial charge in [0.1, 0.15) is 0 Å². The molecule has 36 valence electrons. The summed E-state index contributed by atoms with van der Waals surface area (Å²) in [5, 5.41) is 0. The van der Waals surface area contributed by atoms with Crippen LogP contribution in [0.5, 0.6) is 0 Å². The van der Waals surface area contributed by atoms with Crippen LogP contribution in [0.4, 0.5) is 4.39 Å². The van der Waals surface area contributed by atoms with Crippen LogP contribution in [0.2, 0.25) is 0 Å². The molecule has 1 nitrogen and oxygen atoms in total. The second kappa shape index (κ2) is 4.41. The van der Waals surface area contributed by atoms with E-state index in [1.165, 1.54) is 6.42 Å². The summed E-state index contributed by atoms with van der Waals surface area (Å²) in [5.74, 6) is 0. The summed E-state index contributed by atoms with van der Waals surface area (Å²) in [5.41, 5.74) is 0. The quantitative estimate of drug-likeness (QED) is 0.260. The fraction of sp³-hybridized carbons (Fsp3) is 0.750. The normalized spacial score (nSPS) is 29.6. The minimum atomic E-state index is -0.801. The van der Waals surface area contributed by atoms with Gasteiger partial charge in [-0.2, -0.15) is 0 Å². The van der Waals surface area contributed by atoms with E-state index >= 15 is 0 Å². The third kappa shape index (κ3) is 3.16. The van der Waals surface area contributed by atoms with Crippen molar-refractivity contribution in [3.63, 3.8) is 0 Å². The molecule has 0 bridgehead atoms. The van der Waals surface area contributed by atoms with Crippen LogP contribution in [0.3, 0.4) is 0 Å². The topological polar surface area (TPSA) is 9.23 Å². The Hall–Kier alpha value is 1.53. The van der Waals surface area contributed by atoms with E-state index < -0.39 is 6.17 Å². The predicted molar refractivity (Wildman–Crippen MR) is 20.0 cm³/mol. The monoisotopic (exact) mass is 128 g/mol. The summed E-state index contributed by atoms with van der Waals surface area (Å²) in [6.07, 6.45) is 0.713. The molecule has 3 heteroatoms. The van der Waals surface area contributed by atoms with Crippen molar-refractivity contribution < 1.29 is 60.5 Å². The zero-order valence-electron chi connectivity index (χ0n) is 4.36. The Balaban J connectivity index is 0.000000360. The molecule has 0 aromatic carbocycles. The standard InChI is InChI=1S/C4H6FO.K/c5-4-1-2-6-3-4;/h1,4H,2-3H2;/q-1;+1. The van der Waals surface area contributed by atoms with Gasteiger partial charge in [-0.3, -0.25) is 10.8 Å². The van der Waals surface area contributed by atoms with E-state index in [1.807, 2.05) is 0 Å². The van der Waals surface area contributed by atoms with Gasteiger partial charge in [-0.25, -0.2) is 0 Å². The fourth-order valence-electron chi connectivity index (χ4n) is 0.421. The number of hydrogen-bond acceptors (Lipinski definition) is 1. The van der Waals surface area contributed by atoms with Gasteiger partial charge in [0.05, 0.1) is 0 Å². The Bertz CT molecular complexity index is 45.0. The molecule has 1 rings (SSSR count). The Labute approximate surface area is 85.0 Å². The molecule has 0 spiro atoms. The van der Waals surface area contributed by atoms with Crippen molar-refractivity contribution in [1.82, 2.24) is 0 Å². The van der Waals surface area contributed by atoms with E-state index in [-0.39, 0.29) is 58.0 Å². The van der Waals surface area contributed by atoms with Crippen LogP contribution in [-0.2, 0) is 4.74 Å². The summed E-state index contributed by atoms with van der Waals surface area (Å²) < 4.78 is 16.4. The summed E-state index contributed by atoms with van der Waals surface area (Å²) in [6.45, 7) is 0.751. The molecule has 0 saturated carbocycles. The Morgan fingerprint density at radius 1 is 1.71 bits per heavy atom.